The second kappa shape index (κ2) is 21.0. The van der Waals surface area contributed by atoms with Gasteiger partial charge in [0.2, 0.25) is 0 Å². The Kier molecular flexibility index (Phi) is 13.9. The topological polar surface area (TPSA) is 62.7 Å². The van der Waals surface area contributed by atoms with Crippen molar-refractivity contribution >= 4 is 72.9 Å². The fourth-order valence-corrected chi connectivity index (χ4v) is 9.15. The molecular formula is C64H56N6. The molecule has 0 saturated carbocycles. The smallest absolute Gasteiger partial charge is 0.134 e. The lowest BCUT2D eigenvalue weighted by Gasteiger charge is -2.24. The summed E-state index contributed by atoms with van der Waals surface area (Å²) in [5.41, 5.74) is 16.1. The predicted molar refractivity (Wildman–Crippen MR) is 301 cm³/mol. The van der Waals surface area contributed by atoms with Gasteiger partial charge in [-0.05, 0) is 101 Å². The number of rotatable bonds is 11. The van der Waals surface area contributed by atoms with Crippen LogP contribution in [0.25, 0.3) is 99.8 Å². The summed E-state index contributed by atoms with van der Waals surface area (Å²) in [6, 6.07) is 70.0. The van der Waals surface area contributed by atoms with Crippen LogP contribution in [0.3, 0.4) is 0 Å². The van der Waals surface area contributed by atoms with Crippen molar-refractivity contribution in [3.05, 3.63) is 232 Å². The number of aromatic nitrogens is 4. The number of hydrogen-bond donors (Lipinski definition) is 1. The number of benzene rings is 7. The highest BCUT2D eigenvalue weighted by Gasteiger charge is 2.19. The molecule has 4 heterocycles. The average molecular weight is 909 g/mol. The van der Waals surface area contributed by atoms with Gasteiger partial charge in [0.15, 0.2) is 0 Å². The minimum atomic E-state index is 0.698. The highest BCUT2D eigenvalue weighted by molar-refractivity contribution is 6.16. The Bertz CT molecular complexity index is 3560. The SMILES string of the molecule is C=C(/C=C(\C=N)n1c2ccccc2c2ncccc21)n1c2ccccc2c2cc(-c3ccc(N(C)c4cc(-c5ccccc5)cc(-c5ccccc5)n4)c(-c4ccccc4)c3)ccc21.C=CCC.CC. The van der Waals surface area contributed by atoms with E-state index in [0.717, 1.165) is 112 Å². The van der Waals surface area contributed by atoms with Crippen LogP contribution in [-0.2, 0) is 0 Å². The Balaban J connectivity index is 0.000000967. The van der Waals surface area contributed by atoms with Gasteiger partial charge in [-0.15, -0.1) is 6.58 Å². The van der Waals surface area contributed by atoms with Crippen LogP contribution in [-0.4, -0.2) is 32.4 Å². The summed E-state index contributed by atoms with van der Waals surface area (Å²) in [7, 11) is 2.11. The van der Waals surface area contributed by atoms with Gasteiger partial charge in [-0.3, -0.25) is 4.98 Å². The molecule has 0 radical (unpaired) electrons. The van der Waals surface area contributed by atoms with E-state index in [2.05, 4.69) is 217 Å². The summed E-state index contributed by atoms with van der Waals surface area (Å²) in [6.45, 7) is 14.2. The maximum atomic E-state index is 8.62. The quantitative estimate of drug-likeness (QED) is 0.0799. The third kappa shape index (κ3) is 8.98. The van der Waals surface area contributed by atoms with Crippen molar-refractivity contribution < 1.29 is 0 Å². The van der Waals surface area contributed by atoms with Gasteiger partial charge in [0.1, 0.15) is 5.82 Å². The fraction of sp³-hybridized carbons (Fsp3) is 0.0781. The summed E-state index contributed by atoms with van der Waals surface area (Å²) in [6.07, 6.45) is 8.18. The standard InChI is InChI=1S/C58H42N6.C4H8.C2H6/c1-39(33-46(38-59)64-54-26-15-13-24-48(54)58-56(64)27-16-32-60-58)63-53-25-14-12-23-47(53)50-35-44(29-31-55(50)63)43-28-30-52(49(34-43)41-19-8-4-9-20-41)62(2)57-37-45(40-17-6-3-7-18-40)36-51(61-57)42-21-10-5-11-22-42;1-3-4-2;1-2/h3-38,59H,1H2,2H3;3H,1,4H2,2H3;1-2H3/b46-33+,59-38?;;. The summed E-state index contributed by atoms with van der Waals surface area (Å²) in [4.78, 5) is 12.2. The Morgan fingerprint density at radius 2 is 1.11 bits per heavy atom. The molecule has 70 heavy (non-hydrogen) atoms. The van der Waals surface area contributed by atoms with Crippen LogP contribution in [0.4, 0.5) is 11.5 Å². The highest BCUT2D eigenvalue weighted by atomic mass is 15.2. The van der Waals surface area contributed by atoms with Gasteiger partial charge >= 0.3 is 0 Å². The molecule has 0 saturated heterocycles. The number of nitrogens with one attached hydrogen (secondary N) is 1. The zero-order valence-electron chi connectivity index (χ0n) is 40.2. The second-order valence-electron chi connectivity index (χ2n) is 16.7. The lowest BCUT2D eigenvalue weighted by molar-refractivity contribution is 1.13. The molecule has 4 aromatic heterocycles. The van der Waals surface area contributed by atoms with Gasteiger partial charge in [-0.25, -0.2) is 4.98 Å². The molecule has 6 heteroatoms. The van der Waals surface area contributed by atoms with E-state index in [1.807, 2.05) is 56.5 Å². The van der Waals surface area contributed by atoms with Crippen LogP contribution in [0.15, 0.2) is 232 Å². The Morgan fingerprint density at radius 1 is 0.557 bits per heavy atom. The Labute approximate surface area is 411 Å². The first-order chi connectivity index (χ1) is 34.4. The molecule has 0 fully saturated rings. The minimum Gasteiger partial charge on any atom is -0.329 e. The Morgan fingerprint density at radius 3 is 1.79 bits per heavy atom. The van der Waals surface area contributed by atoms with E-state index in [4.69, 9.17) is 15.4 Å². The van der Waals surface area contributed by atoms with Gasteiger partial charge in [0.05, 0.1) is 39.0 Å². The third-order valence-corrected chi connectivity index (χ3v) is 12.5. The van der Waals surface area contributed by atoms with Crippen LogP contribution in [0.1, 0.15) is 27.2 Å². The number of nitrogens with zero attached hydrogens (tertiary/aromatic N) is 5. The van der Waals surface area contributed by atoms with Crippen LogP contribution < -0.4 is 4.90 Å². The van der Waals surface area contributed by atoms with Crippen molar-refractivity contribution in [1.29, 1.82) is 5.41 Å². The van der Waals surface area contributed by atoms with Gasteiger partial charge < -0.3 is 19.4 Å². The van der Waals surface area contributed by atoms with Crippen molar-refractivity contribution in [2.45, 2.75) is 27.2 Å². The van der Waals surface area contributed by atoms with Crippen molar-refractivity contribution in [3.8, 4) is 44.6 Å². The average Bonchev–Trinajstić information content (AvgIpc) is 3.96. The van der Waals surface area contributed by atoms with Gasteiger partial charge in [-0.1, -0.05) is 173 Å². The van der Waals surface area contributed by atoms with Gasteiger partial charge in [0.25, 0.3) is 0 Å². The van der Waals surface area contributed by atoms with Crippen LogP contribution >= 0.6 is 0 Å². The lowest BCUT2D eigenvalue weighted by Crippen LogP contribution is -2.13. The molecule has 0 amide bonds. The van der Waals surface area contributed by atoms with Crippen molar-refractivity contribution in [2.75, 3.05) is 11.9 Å². The molecule has 0 unspecified atom stereocenters. The van der Waals surface area contributed by atoms with Crippen molar-refractivity contribution in [2.24, 2.45) is 0 Å². The molecule has 6 nitrogen and oxygen atoms in total. The predicted octanol–water partition coefficient (Wildman–Crippen LogP) is 17.4. The van der Waals surface area contributed by atoms with Crippen LogP contribution in [0.2, 0.25) is 0 Å². The molecular weight excluding hydrogens is 853 g/mol. The second-order valence-corrected chi connectivity index (χ2v) is 16.7. The number of hydrogen-bond acceptors (Lipinski definition) is 4. The molecule has 0 atom stereocenters. The largest absolute Gasteiger partial charge is 0.329 e. The number of anilines is 2. The maximum Gasteiger partial charge on any atom is 0.134 e. The normalized spacial score (nSPS) is 11.2. The van der Waals surface area contributed by atoms with Crippen LogP contribution in [0, 0.1) is 5.41 Å². The molecule has 0 bridgehead atoms. The van der Waals surface area contributed by atoms with E-state index in [0.29, 0.717) is 5.70 Å². The van der Waals surface area contributed by atoms with E-state index in [9.17, 15) is 0 Å². The summed E-state index contributed by atoms with van der Waals surface area (Å²) in [5.74, 6) is 0.856. The van der Waals surface area contributed by atoms with E-state index in [-0.39, 0.29) is 0 Å². The zero-order chi connectivity index (χ0) is 48.6. The van der Waals surface area contributed by atoms with E-state index < -0.39 is 0 Å². The molecule has 342 valence electrons. The first kappa shape index (κ1) is 46.2. The van der Waals surface area contributed by atoms with E-state index >= 15 is 0 Å². The fourth-order valence-electron chi connectivity index (χ4n) is 9.15. The lowest BCUT2D eigenvalue weighted by atomic mass is 9.96. The summed E-state index contributed by atoms with van der Waals surface area (Å²) >= 11 is 0. The number of pyridine rings is 2. The zero-order valence-corrected chi connectivity index (χ0v) is 40.2. The molecule has 0 aliphatic heterocycles. The van der Waals surface area contributed by atoms with E-state index in [1.165, 1.54) is 6.21 Å². The molecule has 0 aliphatic carbocycles. The molecule has 11 aromatic rings. The number of para-hydroxylation sites is 2. The summed E-state index contributed by atoms with van der Waals surface area (Å²) in [5, 5.41) is 11.9. The molecule has 7 aromatic carbocycles. The maximum absolute atomic E-state index is 8.62. The monoisotopic (exact) mass is 908 g/mol. The molecule has 11 rings (SSSR count). The van der Waals surface area contributed by atoms with Gasteiger partial charge in [0, 0.05) is 58.1 Å². The minimum absolute atomic E-state index is 0.698. The highest BCUT2D eigenvalue weighted by Crippen LogP contribution is 2.41. The molecule has 0 spiro atoms. The van der Waals surface area contributed by atoms with Crippen LogP contribution in [0.5, 0.6) is 0 Å². The molecule has 1 N–H and O–H groups in total. The number of allylic oxidation sites excluding steroid dienone is 4. The van der Waals surface area contributed by atoms with E-state index in [1.54, 1.807) is 0 Å². The number of fused-ring (bicyclic) bond motifs is 6. The Hall–Kier alpha value is -8.87. The first-order valence-corrected chi connectivity index (χ1v) is 23.9. The van der Waals surface area contributed by atoms with Crippen molar-refractivity contribution in [3.63, 3.8) is 0 Å². The molecule has 0 aliphatic rings. The first-order valence-electron chi connectivity index (χ1n) is 23.9. The van der Waals surface area contributed by atoms with Gasteiger partial charge in [-0.2, -0.15) is 0 Å². The van der Waals surface area contributed by atoms with Crippen molar-refractivity contribution in [1.82, 2.24) is 19.1 Å². The third-order valence-electron chi connectivity index (χ3n) is 12.5. The summed E-state index contributed by atoms with van der Waals surface area (Å²) < 4.78 is 4.31.